The van der Waals surface area contributed by atoms with Crippen LogP contribution in [0.1, 0.15) is 58.8 Å². The molecule has 0 bridgehead atoms. The van der Waals surface area contributed by atoms with Crippen LogP contribution in [0.15, 0.2) is 4.99 Å². The van der Waals surface area contributed by atoms with Crippen molar-refractivity contribution in [2.75, 3.05) is 0 Å². The number of guanidine groups is 1. The normalized spacial score (nSPS) is 19.5. The van der Waals surface area contributed by atoms with Crippen LogP contribution in [0.3, 0.4) is 0 Å². The van der Waals surface area contributed by atoms with Gasteiger partial charge in [-0.05, 0) is 25.7 Å². The average molecular weight is 211 g/mol. The average Bonchev–Trinajstić information content (AvgIpc) is 2.27. The smallest absolute Gasteiger partial charge is 0.189 e. The molecule has 0 aliphatic heterocycles. The molecule has 0 saturated heterocycles. The maximum atomic E-state index is 5.90. The second-order valence-electron chi connectivity index (χ2n) is 4.46. The van der Waals surface area contributed by atoms with Crippen molar-refractivity contribution in [1.82, 2.24) is 5.32 Å². The van der Waals surface area contributed by atoms with Gasteiger partial charge < -0.3 is 11.1 Å². The van der Waals surface area contributed by atoms with Gasteiger partial charge >= 0.3 is 0 Å². The molecule has 1 saturated carbocycles. The van der Waals surface area contributed by atoms with E-state index in [1.54, 1.807) is 0 Å². The van der Waals surface area contributed by atoms with Crippen molar-refractivity contribution in [2.45, 2.75) is 70.9 Å². The maximum Gasteiger partial charge on any atom is 0.189 e. The van der Waals surface area contributed by atoms with Crippen LogP contribution in [0.4, 0.5) is 0 Å². The minimum Gasteiger partial charge on any atom is -0.370 e. The lowest BCUT2D eigenvalue weighted by atomic mass is 9.96. The molecule has 0 aromatic heterocycles. The first-order valence-corrected chi connectivity index (χ1v) is 6.36. The van der Waals surface area contributed by atoms with Crippen molar-refractivity contribution in [2.24, 2.45) is 10.7 Å². The van der Waals surface area contributed by atoms with Gasteiger partial charge in [0.15, 0.2) is 5.96 Å². The Balaban J connectivity index is 2.36. The Morgan fingerprint density at radius 2 is 1.87 bits per heavy atom. The number of nitrogens with zero attached hydrogens (tertiary/aromatic N) is 1. The lowest BCUT2D eigenvalue weighted by molar-refractivity contribution is 0.440. The topological polar surface area (TPSA) is 50.4 Å². The van der Waals surface area contributed by atoms with Crippen LogP contribution >= 0.6 is 0 Å². The number of nitrogens with two attached hydrogens (primary N) is 1. The highest BCUT2D eigenvalue weighted by atomic mass is 15.1. The molecule has 1 fully saturated rings. The van der Waals surface area contributed by atoms with Gasteiger partial charge in [0.25, 0.3) is 0 Å². The molecule has 15 heavy (non-hydrogen) atoms. The molecular weight excluding hydrogens is 186 g/mol. The quantitative estimate of drug-likeness (QED) is 0.554. The molecule has 1 aliphatic carbocycles. The predicted molar refractivity (Wildman–Crippen MR) is 66.0 cm³/mol. The van der Waals surface area contributed by atoms with Crippen LogP contribution in [0, 0.1) is 0 Å². The highest BCUT2D eigenvalue weighted by Gasteiger charge is 2.13. The van der Waals surface area contributed by atoms with Crippen LogP contribution < -0.4 is 11.1 Å². The van der Waals surface area contributed by atoms with Gasteiger partial charge in [0, 0.05) is 6.04 Å². The molecule has 0 amide bonds. The summed E-state index contributed by atoms with van der Waals surface area (Å²) in [4.78, 5) is 4.56. The molecule has 0 spiro atoms. The van der Waals surface area contributed by atoms with Gasteiger partial charge in [-0.3, -0.25) is 4.99 Å². The van der Waals surface area contributed by atoms with Gasteiger partial charge in [-0.2, -0.15) is 0 Å². The van der Waals surface area contributed by atoms with Gasteiger partial charge in [-0.25, -0.2) is 0 Å². The zero-order valence-corrected chi connectivity index (χ0v) is 10.1. The van der Waals surface area contributed by atoms with E-state index in [4.69, 9.17) is 5.73 Å². The van der Waals surface area contributed by atoms with Crippen LogP contribution in [0.25, 0.3) is 0 Å². The molecule has 0 heterocycles. The van der Waals surface area contributed by atoms with E-state index in [2.05, 4.69) is 24.2 Å². The van der Waals surface area contributed by atoms with E-state index in [1.165, 1.54) is 32.1 Å². The van der Waals surface area contributed by atoms with Crippen molar-refractivity contribution in [3.05, 3.63) is 0 Å². The van der Waals surface area contributed by atoms with Crippen LogP contribution in [0.5, 0.6) is 0 Å². The maximum absolute atomic E-state index is 5.90. The fourth-order valence-electron chi connectivity index (χ4n) is 2.15. The van der Waals surface area contributed by atoms with Crippen LogP contribution in [0.2, 0.25) is 0 Å². The molecular formula is C12H25N3. The summed E-state index contributed by atoms with van der Waals surface area (Å²) in [6, 6.07) is 0.956. The Hall–Kier alpha value is -0.730. The third-order valence-corrected chi connectivity index (χ3v) is 3.23. The molecule has 0 radical (unpaired) electrons. The number of aliphatic imine (C=N–C) groups is 1. The predicted octanol–water partition coefficient (Wildman–Crippen LogP) is 2.41. The summed E-state index contributed by atoms with van der Waals surface area (Å²) in [5, 5.41) is 3.29. The van der Waals surface area contributed by atoms with E-state index in [0.717, 1.165) is 12.8 Å². The summed E-state index contributed by atoms with van der Waals surface area (Å²) in [5.74, 6) is 0.649. The molecule has 0 unspecified atom stereocenters. The number of rotatable bonds is 4. The van der Waals surface area contributed by atoms with Gasteiger partial charge in [-0.1, -0.05) is 33.1 Å². The molecule has 0 aromatic carbocycles. The summed E-state index contributed by atoms with van der Waals surface area (Å²) in [6.45, 7) is 4.35. The zero-order valence-electron chi connectivity index (χ0n) is 10.1. The van der Waals surface area contributed by atoms with E-state index >= 15 is 0 Å². The van der Waals surface area contributed by atoms with E-state index in [0.29, 0.717) is 18.0 Å². The number of hydrogen-bond donors (Lipinski definition) is 2. The van der Waals surface area contributed by atoms with Crippen LogP contribution in [-0.2, 0) is 0 Å². The zero-order chi connectivity index (χ0) is 11.1. The monoisotopic (exact) mass is 211 g/mol. The summed E-state index contributed by atoms with van der Waals surface area (Å²) in [6.07, 6.45) is 8.64. The van der Waals surface area contributed by atoms with E-state index in [9.17, 15) is 0 Å². The fraction of sp³-hybridized carbons (Fsp3) is 0.917. The molecule has 0 aromatic rings. The van der Waals surface area contributed by atoms with E-state index < -0.39 is 0 Å². The Labute approximate surface area is 93.5 Å². The third kappa shape index (κ3) is 4.54. The minimum atomic E-state index is 0.473. The molecule has 0 atom stereocenters. The Kier molecular flexibility index (Phi) is 5.51. The van der Waals surface area contributed by atoms with Gasteiger partial charge in [-0.15, -0.1) is 0 Å². The second kappa shape index (κ2) is 6.70. The summed E-state index contributed by atoms with van der Waals surface area (Å²) >= 11 is 0. The number of nitrogens with one attached hydrogen (secondary N) is 1. The fourth-order valence-corrected chi connectivity index (χ4v) is 2.15. The first-order chi connectivity index (χ1) is 7.26. The summed E-state index contributed by atoms with van der Waals surface area (Å²) in [7, 11) is 0. The highest BCUT2D eigenvalue weighted by molar-refractivity contribution is 5.78. The molecule has 88 valence electrons. The summed E-state index contributed by atoms with van der Waals surface area (Å²) < 4.78 is 0. The van der Waals surface area contributed by atoms with Crippen molar-refractivity contribution >= 4 is 5.96 Å². The van der Waals surface area contributed by atoms with Gasteiger partial charge in [0.1, 0.15) is 0 Å². The Morgan fingerprint density at radius 3 is 2.40 bits per heavy atom. The largest absolute Gasteiger partial charge is 0.370 e. The Morgan fingerprint density at radius 1 is 1.27 bits per heavy atom. The molecule has 3 heteroatoms. The van der Waals surface area contributed by atoms with Gasteiger partial charge in [0.05, 0.1) is 6.04 Å². The van der Waals surface area contributed by atoms with Crippen molar-refractivity contribution in [1.29, 1.82) is 0 Å². The third-order valence-electron chi connectivity index (χ3n) is 3.23. The minimum absolute atomic E-state index is 0.473. The summed E-state index contributed by atoms with van der Waals surface area (Å²) in [5.41, 5.74) is 5.90. The molecule has 3 nitrogen and oxygen atoms in total. The lowest BCUT2D eigenvalue weighted by Gasteiger charge is -2.20. The van der Waals surface area contributed by atoms with Crippen LogP contribution in [-0.4, -0.2) is 18.0 Å². The van der Waals surface area contributed by atoms with Crippen molar-refractivity contribution in [3.8, 4) is 0 Å². The first-order valence-electron chi connectivity index (χ1n) is 6.36. The standard InChI is InChI=1S/C12H25N3/c1-3-10(4-2)14-12(13)15-11-8-6-5-7-9-11/h10-11H,3-9H2,1-2H3,(H3,13,14,15). The van der Waals surface area contributed by atoms with Gasteiger partial charge in [0.2, 0.25) is 0 Å². The Bertz CT molecular complexity index is 191. The molecule has 1 aliphatic rings. The van der Waals surface area contributed by atoms with E-state index in [-0.39, 0.29) is 0 Å². The first kappa shape index (κ1) is 12.3. The highest BCUT2D eigenvalue weighted by Crippen LogP contribution is 2.19. The van der Waals surface area contributed by atoms with E-state index in [1.807, 2.05) is 0 Å². The van der Waals surface area contributed by atoms with Crippen molar-refractivity contribution < 1.29 is 0 Å². The second-order valence-corrected chi connectivity index (χ2v) is 4.46. The number of hydrogen-bond acceptors (Lipinski definition) is 1. The molecule has 1 rings (SSSR count). The van der Waals surface area contributed by atoms with Crippen molar-refractivity contribution in [3.63, 3.8) is 0 Å². The SMILES string of the molecule is CCC(CC)NC(N)=NC1CCCCC1. The lowest BCUT2D eigenvalue weighted by Crippen LogP contribution is -2.40. The molecule has 3 N–H and O–H groups in total.